The molecule has 1 atom stereocenters. The highest BCUT2D eigenvalue weighted by Crippen LogP contribution is 2.36. The Morgan fingerprint density at radius 1 is 1.20 bits per heavy atom. The van der Waals surface area contributed by atoms with Crippen molar-refractivity contribution in [3.05, 3.63) is 53.5 Å². The maximum atomic E-state index is 6.27. The Morgan fingerprint density at radius 3 is 2.55 bits per heavy atom. The minimum absolute atomic E-state index is 0.248. The zero-order valence-corrected chi connectivity index (χ0v) is 11.6. The smallest absolute Gasteiger partial charge is 0.216 e. The summed E-state index contributed by atoms with van der Waals surface area (Å²) in [6.07, 6.45) is 5.46. The third kappa shape index (κ3) is 2.51. The minimum atomic E-state index is -0.248. The first-order chi connectivity index (χ1) is 9.78. The molecule has 1 aliphatic rings. The zero-order valence-electron chi connectivity index (χ0n) is 11.6. The molecule has 1 aromatic heterocycles. The van der Waals surface area contributed by atoms with Crippen LogP contribution in [0.3, 0.4) is 0 Å². The van der Waals surface area contributed by atoms with E-state index in [9.17, 15) is 0 Å². The normalized spacial score (nSPS) is 16.5. The Kier molecular flexibility index (Phi) is 3.65. The molecule has 0 spiro atoms. The summed E-state index contributed by atoms with van der Waals surface area (Å²) in [4.78, 5) is 8.23. The highest BCUT2D eigenvalue weighted by molar-refractivity contribution is 5.33. The van der Waals surface area contributed by atoms with Crippen molar-refractivity contribution in [2.45, 2.75) is 31.2 Å². The number of benzene rings is 1. The van der Waals surface area contributed by atoms with E-state index in [0.717, 1.165) is 17.2 Å². The van der Waals surface area contributed by atoms with Gasteiger partial charge >= 0.3 is 0 Å². The fraction of sp³-hybridized carbons (Fsp3) is 0.375. The number of methoxy groups -OCH3 is 1. The lowest BCUT2D eigenvalue weighted by Crippen LogP contribution is -2.14. The maximum absolute atomic E-state index is 6.27. The van der Waals surface area contributed by atoms with Crippen molar-refractivity contribution < 1.29 is 4.74 Å². The third-order valence-electron chi connectivity index (χ3n) is 4.06. The van der Waals surface area contributed by atoms with E-state index in [1.54, 1.807) is 13.2 Å². The number of nitrogens with two attached hydrogens (primary N) is 1. The van der Waals surface area contributed by atoms with Gasteiger partial charge in [0, 0.05) is 6.07 Å². The van der Waals surface area contributed by atoms with Crippen LogP contribution in [-0.4, -0.2) is 17.1 Å². The first-order valence-electron chi connectivity index (χ1n) is 6.99. The second kappa shape index (κ2) is 5.59. The van der Waals surface area contributed by atoms with Gasteiger partial charge in [0.25, 0.3) is 0 Å². The van der Waals surface area contributed by atoms with Gasteiger partial charge in [-0.05, 0) is 29.9 Å². The number of hydrogen-bond donors (Lipinski definition) is 1. The van der Waals surface area contributed by atoms with Crippen LogP contribution in [0.1, 0.15) is 48.0 Å². The predicted octanol–water partition coefficient (Wildman–Crippen LogP) is 2.80. The SMILES string of the molecule is COc1cc(C(N)c2ccc(C3CCC3)cc2)ncn1. The molecule has 0 amide bonds. The molecule has 2 N–H and O–H groups in total. The summed E-state index contributed by atoms with van der Waals surface area (Å²) in [5.41, 5.74) is 9.53. The van der Waals surface area contributed by atoms with E-state index in [-0.39, 0.29) is 6.04 Å². The Morgan fingerprint density at radius 2 is 1.95 bits per heavy atom. The summed E-state index contributed by atoms with van der Waals surface area (Å²) in [6, 6.07) is 10.1. The van der Waals surface area contributed by atoms with Gasteiger partial charge in [0.05, 0.1) is 18.8 Å². The lowest BCUT2D eigenvalue weighted by atomic mass is 9.80. The molecule has 1 saturated carbocycles. The first kappa shape index (κ1) is 13.1. The van der Waals surface area contributed by atoms with Gasteiger partial charge in [-0.2, -0.15) is 0 Å². The van der Waals surface area contributed by atoms with Gasteiger partial charge in [0.15, 0.2) is 0 Å². The number of aromatic nitrogens is 2. The molecule has 1 aliphatic carbocycles. The van der Waals surface area contributed by atoms with E-state index in [1.165, 1.54) is 31.2 Å². The molecule has 2 aromatic rings. The average Bonchev–Trinajstić information content (AvgIpc) is 2.45. The highest BCUT2D eigenvalue weighted by Gasteiger charge is 2.19. The topological polar surface area (TPSA) is 61.0 Å². The largest absolute Gasteiger partial charge is 0.481 e. The molecule has 1 heterocycles. The third-order valence-corrected chi connectivity index (χ3v) is 4.06. The number of nitrogens with zero attached hydrogens (tertiary/aromatic N) is 2. The van der Waals surface area contributed by atoms with E-state index in [4.69, 9.17) is 10.5 Å². The zero-order chi connectivity index (χ0) is 13.9. The molecule has 0 radical (unpaired) electrons. The fourth-order valence-electron chi connectivity index (χ4n) is 2.52. The molecule has 1 fully saturated rings. The van der Waals surface area contributed by atoms with Gasteiger partial charge in [-0.25, -0.2) is 9.97 Å². The van der Waals surface area contributed by atoms with Crippen LogP contribution < -0.4 is 10.5 Å². The van der Waals surface area contributed by atoms with Gasteiger partial charge in [0.2, 0.25) is 5.88 Å². The Bertz CT molecular complexity index is 579. The van der Waals surface area contributed by atoms with Crippen LogP contribution in [0, 0.1) is 0 Å². The van der Waals surface area contributed by atoms with Crippen molar-refractivity contribution in [1.29, 1.82) is 0 Å². The van der Waals surface area contributed by atoms with E-state index >= 15 is 0 Å². The summed E-state index contributed by atoms with van der Waals surface area (Å²) < 4.78 is 5.11. The molecule has 104 valence electrons. The summed E-state index contributed by atoms with van der Waals surface area (Å²) in [5, 5.41) is 0. The summed E-state index contributed by atoms with van der Waals surface area (Å²) >= 11 is 0. The Labute approximate surface area is 119 Å². The molecule has 4 nitrogen and oxygen atoms in total. The predicted molar refractivity (Wildman–Crippen MR) is 77.6 cm³/mol. The van der Waals surface area contributed by atoms with E-state index in [2.05, 4.69) is 34.2 Å². The van der Waals surface area contributed by atoms with Gasteiger partial charge in [-0.1, -0.05) is 30.7 Å². The summed E-state index contributed by atoms with van der Waals surface area (Å²) in [5.74, 6) is 1.29. The van der Waals surface area contributed by atoms with Crippen LogP contribution in [0.25, 0.3) is 0 Å². The lowest BCUT2D eigenvalue weighted by molar-refractivity contribution is 0.395. The molecule has 1 aromatic carbocycles. The van der Waals surface area contributed by atoms with Gasteiger partial charge in [0.1, 0.15) is 6.33 Å². The van der Waals surface area contributed by atoms with Crippen molar-refractivity contribution in [3.63, 3.8) is 0 Å². The van der Waals surface area contributed by atoms with Gasteiger partial charge in [-0.3, -0.25) is 0 Å². The Hall–Kier alpha value is -1.94. The van der Waals surface area contributed by atoms with E-state index < -0.39 is 0 Å². The molecule has 1 unspecified atom stereocenters. The standard InChI is InChI=1S/C16H19N3O/c1-20-15-9-14(18-10-19-15)16(17)13-7-5-12(6-8-13)11-3-2-4-11/h5-11,16H,2-4,17H2,1H3. The molecular weight excluding hydrogens is 250 g/mol. The van der Waals surface area contributed by atoms with Gasteiger partial charge < -0.3 is 10.5 Å². The van der Waals surface area contributed by atoms with Crippen molar-refractivity contribution in [2.24, 2.45) is 5.73 Å². The molecule has 20 heavy (non-hydrogen) atoms. The van der Waals surface area contributed by atoms with Crippen molar-refractivity contribution in [1.82, 2.24) is 9.97 Å². The number of rotatable bonds is 4. The molecule has 0 aliphatic heterocycles. The first-order valence-corrected chi connectivity index (χ1v) is 6.99. The highest BCUT2D eigenvalue weighted by atomic mass is 16.5. The Balaban J connectivity index is 1.80. The van der Waals surface area contributed by atoms with Crippen LogP contribution in [0.4, 0.5) is 0 Å². The molecular formula is C16H19N3O. The molecule has 4 heteroatoms. The molecule has 0 bridgehead atoms. The summed E-state index contributed by atoms with van der Waals surface area (Å²) in [6.45, 7) is 0. The van der Waals surface area contributed by atoms with Crippen LogP contribution in [0.2, 0.25) is 0 Å². The maximum Gasteiger partial charge on any atom is 0.216 e. The van der Waals surface area contributed by atoms with Crippen molar-refractivity contribution in [3.8, 4) is 5.88 Å². The summed E-state index contributed by atoms with van der Waals surface area (Å²) in [7, 11) is 1.59. The second-order valence-corrected chi connectivity index (χ2v) is 5.26. The van der Waals surface area contributed by atoms with Crippen LogP contribution in [-0.2, 0) is 0 Å². The van der Waals surface area contributed by atoms with Gasteiger partial charge in [-0.15, -0.1) is 0 Å². The minimum Gasteiger partial charge on any atom is -0.481 e. The van der Waals surface area contributed by atoms with Crippen molar-refractivity contribution in [2.75, 3.05) is 7.11 Å². The molecule has 3 rings (SSSR count). The van der Waals surface area contributed by atoms with E-state index in [1.807, 2.05) is 0 Å². The monoisotopic (exact) mass is 269 g/mol. The fourth-order valence-corrected chi connectivity index (χ4v) is 2.52. The average molecular weight is 269 g/mol. The molecule has 0 saturated heterocycles. The van der Waals surface area contributed by atoms with Crippen molar-refractivity contribution >= 4 is 0 Å². The lowest BCUT2D eigenvalue weighted by Gasteiger charge is -2.26. The number of hydrogen-bond acceptors (Lipinski definition) is 4. The van der Waals surface area contributed by atoms with Crippen LogP contribution in [0.15, 0.2) is 36.7 Å². The van der Waals surface area contributed by atoms with E-state index in [0.29, 0.717) is 5.88 Å². The van der Waals surface area contributed by atoms with Crippen LogP contribution >= 0.6 is 0 Å². The van der Waals surface area contributed by atoms with Crippen LogP contribution in [0.5, 0.6) is 5.88 Å². The second-order valence-electron chi connectivity index (χ2n) is 5.26. The number of ether oxygens (including phenoxy) is 1. The quantitative estimate of drug-likeness (QED) is 0.927.